The maximum atomic E-state index is 12.5. The zero-order valence-electron chi connectivity index (χ0n) is 14.3. The number of para-hydroxylation sites is 1. The minimum atomic E-state index is -0.308. The molecule has 0 saturated heterocycles. The number of aryl methyl sites for hydroxylation is 1. The molecule has 0 fully saturated rings. The molecule has 0 aliphatic rings. The van der Waals surface area contributed by atoms with Gasteiger partial charge in [-0.2, -0.15) is 4.98 Å². The van der Waals surface area contributed by atoms with Crippen molar-refractivity contribution in [2.24, 2.45) is 0 Å². The van der Waals surface area contributed by atoms with Crippen LogP contribution in [0.4, 0.5) is 5.95 Å². The van der Waals surface area contributed by atoms with Crippen LogP contribution in [0, 0.1) is 6.92 Å². The zero-order valence-corrected chi connectivity index (χ0v) is 15.1. The Balaban J connectivity index is 1.64. The fraction of sp³-hybridized carbons (Fsp3) is 0.105. The molecular weight excluding hydrogens is 348 g/mol. The van der Waals surface area contributed by atoms with E-state index in [1.54, 1.807) is 22.7 Å². The average molecular weight is 364 g/mol. The van der Waals surface area contributed by atoms with E-state index in [1.165, 1.54) is 24.0 Å². The largest absolute Gasteiger partial charge is 0.496 e. The lowest BCUT2D eigenvalue weighted by atomic mass is 10.1. The molecule has 0 unspecified atom stereocenters. The lowest BCUT2D eigenvalue weighted by Gasteiger charge is -2.06. The van der Waals surface area contributed by atoms with E-state index in [0.717, 1.165) is 16.2 Å². The number of ether oxygens (including phenoxy) is 1. The number of benzene rings is 2. The number of amides is 1. The second-order valence-electron chi connectivity index (χ2n) is 5.77. The van der Waals surface area contributed by atoms with E-state index in [4.69, 9.17) is 4.74 Å². The Morgan fingerprint density at radius 3 is 2.69 bits per heavy atom. The second kappa shape index (κ2) is 6.61. The minimum Gasteiger partial charge on any atom is -0.496 e. The first-order chi connectivity index (χ1) is 12.7. The van der Waals surface area contributed by atoms with E-state index < -0.39 is 0 Å². The first-order valence-corrected chi connectivity index (χ1v) is 8.89. The number of carbonyl (C=O) groups excluding carboxylic acids is 1. The third kappa shape index (κ3) is 2.93. The van der Waals surface area contributed by atoms with Crippen LogP contribution in [-0.4, -0.2) is 27.6 Å². The van der Waals surface area contributed by atoms with Crippen LogP contribution in [0.5, 0.6) is 5.75 Å². The van der Waals surface area contributed by atoms with Gasteiger partial charge in [-0.1, -0.05) is 42.0 Å². The zero-order chi connectivity index (χ0) is 18.1. The van der Waals surface area contributed by atoms with Gasteiger partial charge in [-0.05, 0) is 19.1 Å². The molecule has 0 aliphatic heterocycles. The van der Waals surface area contributed by atoms with Crippen molar-refractivity contribution in [2.75, 3.05) is 12.4 Å². The SMILES string of the molecule is COc1ccccc1C(=O)Nc1nc2scc(-c3ccc(C)cc3)n2n1. The van der Waals surface area contributed by atoms with Crippen molar-refractivity contribution in [3.05, 3.63) is 65.0 Å². The third-order valence-electron chi connectivity index (χ3n) is 4.01. The molecule has 7 heteroatoms. The lowest BCUT2D eigenvalue weighted by molar-refractivity contribution is 0.102. The molecule has 4 aromatic rings. The monoisotopic (exact) mass is 364 g/mol. The number of hydrogen-bond donors (Lipinski definition) is 1. The Hall–Kier alpha value is -3.19. The Labute approximate surface area is 154 Å². The van der Waals surface area contributed by atoms with Crippen molar-refractivity contribution in [1.82, 2.24) is 14.6 Å². The molecule has 26 heavy (non-hydrogen) atoms. The molecule has 0 spiro atoms. The van der Waals surface area contributed by atoms with Gasteiger partial charge >= 0.3 is 0 Å². The number of nitrogens with one attached hydrogen (secondary N) is 1. The van der Waals surface area contributed by atoms with Gasteiger partial charge in [-0.3, -0.25) is 10.1 Å². The molecule has 2 heterocycles. The number of thiazole rings is 1. The second-order valence-corrected chi connectivity index (χ2v) is 6.61. The quantitative estimate of drug-likeness (QED) is 0.594. The molecule has 0 saturated carbocycles. The van der Waals surface area contributed by atoms with Gasteiger partial charge in [0, 0.05) is 10.9 Å². The van der Waals surface area contributed by atoms with E-state index >= 15 is 0 Å². The van der Waals surface area contributed by atoms with Crippen molar-refractivity contribution in [2.45, 2.75) is 6.92 Å². The number of aromatic nitrogens is 3. The predicted molar refractivity (Wildman–Crippen MR) is 102 cm³/mol. The summed E-state index contributed by atoms with van der Waals surface area (Å²) in [5.41, 5.74) is 3.63. The van der Waals surface area contributed by atoms with E-state index in [9.17, 15) is 4.79 Å². The van der Waals surface area contributed by atoms with E-state index in [0.29, 0.717) is 11.3 Å². The molecule has 2 aromatic heterocycles. The normalized spacial score (nSPS) is 10.8. The molecule has 2 aromatic carbocycles. The lowest BCUT2D eigenvalue weighted by Crippen LogP contribution is -2.14. The van der Waals surface area contributed by atoms with Crippen LogP contribution in [0.2, 0.25) is 0 Å². The Bertz CT molecular complexity index is 1080. The number of hydrogen-bond acceptors (Lipinski definition) is 5. The van der Waals surface area contributed by atoms with Crippen molar-refractivity contribution in [3.8, 4) is 17.0 Å². The van der Waals surface area contributed by atoms with Crippen molar-refractivity contribution in [3.63, 3.8) is 0 Å². The van der Waals surface area contributed by atoms with Crippen LogP contribution in [-0.2, 0) is 0 Å². The highest BCUT2D eigenvalue weighted by atomic mass is 32.1. The topological polar surface area (TPSA) is 68.5 Å². The first kappa shape index (κ1) is 16.3. The number of carbonyl (C=O) groups is 1. The third-order valence-corrected chi connectivity index (χ3v) is 4.82. The number of anilines is 1. The summed E-state index contributed by atoms with van der Waals surface area (Å²) < 4.78 is 6.97. The molecule has 4 rings (SSSR count). The molecule has 130 valence electrons. The summed E-state index contributed by atoms with van der Waals surface area (Å²) in [5.74, 6) is 0.463. The number of nitrogens with zero attached hydrogens (tertiary/aromatic N) is 3. The summed E-state index contributed by atoms with van der Waals surface area (Å²) in [6.45, 7) is 2.05. The fourth-order valence-electron chi connectivity index (χ4n) is 2.66. The van der Waals surface area contributed by atoms with Gasteiger partial charge in [0.25, 0.3) is 11.9 Å². The number of rotatable bonds is 4. The molecule has 0 aliphatic carbocycles. The smallest absolute Gasteiger partial charge is 0.261 e. The van der Waals surface area contributed by atoms with E-state index in [1.807, 2.05) is 30.5 Å². The van der Waals surface area contributed by atoms with E-state index in [-0.39, 0.29) is 11.9 Å². The standard InChI is InChI=1S/C19H16N4O2S/c1-12-7-9-13(10-8-12)15-11-26-19-21-18(22-23(15)19)20-17(24)14-5-3-4-6-16(14)25-2/h3-11H,1-2H3,(H,20,22,24). The average Bonchev–Trinajstić information content (AvgIpc) is 3.22. The van der Waals surface area contributed by atoms with Gasteiger partial charge in [-0.25, -0.2) is 4.52 Å². The molecule has 0 bridgehead atoms. The highest BCUT2D eigenvalue weighted by molar-refractivity contribution is 7.15. The molecule has 1 N–H and O–H groups in total. The van der Waals surface area contributed by atoms with Crippen molar-refractivity contribution >= 4 is 28.2 Å². The first-order valence-electron chi connectivity index (χ1n) is 8.01. The van der Waals surface area contributed by atoms with Crippen molar-refractivity contribution < 1.29 is 9.53 Å². The van der Waals surface area contributed by atoms with Gasteiger partial charge < -0.3 is 4.74 Å². The molecule has 1 amide bonds. The Kier molecular flexibility index (Phi) is 4.14. The summed E-state index contributed by atoms with van der Waals surface area (Å²) >= 11 is 1.48. The van der Waals surface area contributed by atoms with Gasteiger partial charge in [0.1, 0.15) is 5.75 Å². The predicted octanol–water partition coefficient (Wildman–Crippen LogP) is 4.03. The maximum Gasteiger partial charge on any atom is 0.261 e. The highest BCUT2D eigenvalue weighted by Crippen LogP contribution is 2.26. The van der Waals surface area contributed by atoms with Crippen LogP contribution in [0.1, 0.15) is 15.9 Å². The van der Waals surface area contributed by atoms with Gasteiger partial charge in [0.05, 0.1) is 18.4 Å². The van der Waals surface area contributed by atoms with Gasteiger partial charge in [0.15, 0.2) is 0 Å². The summed E-state index contributed by atoms with van der Waals surface area (Å²) in [7, 11) is 1.53. The van der Waals surface area contributed by atoms with Gasteiger partial charge in [-0.15, -0.1) is 16.4 Å². The van der Waals surface area contributed by atoms with Gasteiger partial charge in [0.2, 0.25) is 4.96 Å². The summed E-state index contributed by atoms with van der Waals surface area (Å²) in [6, 6.07) is 15.2. The Morgan fingerprint density at radius 2 is 1.92 bits per heavy atom. The maximum absolute atomic E-state index is 12.5. The summed E-state index contributed by atoms with van der Waals surface area (Å²) in [6.07, 6.45) is 0. The molecule has 0 radical (unpaired) electrons. The van der Waals surface area contributed by atoms with Crippen LogP contribution < -0.4 is 10.1 Å². The fourth-order valence-corrected chi connectivity index (χ4v) is 3.49. The Morgan fingerprint density at radius 1 is 1.15 bits per heavy atom. The molecular formula is C19H16N4O2S. The van der Waals surface area contributed by atoms with Crippen LogP contribution in [0.15, 0.2) is 53.9 Å². The molecule has 6 nitrogen and oxygen atoms in total. The van der Waals surface area contributed by atoms with Crippen LogP contribution in [0.25, 0.3) is 16.2 Å². The summed E-state index contributed by atoms with van der Waals surface area (Å²) in [4.78, 5) is 17.6. The number of methoxy groups -OCH3 is 1. The van der Waals surface area contributed by atoms with Crippen LogP contribution >= 0.6 is 11.3 Å². The van der Waals surface area contributed by atoms with E-state index in [2.05, 4.69) is 27.5 Å². The van der Waals surface area contributed by atoms with Crippen molar-refractivity contribution in [1.29, 1.82) is 0 Å². The molecule has 0 atom stereocenters. The van der Waals surface area contributed by atoms with Crippen LogP contribution in [0.3, 0.4) is 0 Å². The number of fused-ring (bicyclic) bond motifs is 1. The minimum absolute atomic E-state index is 0.265. The summed E-state index contributed by atoms with van der Waals surface area (Å²) in [5, 5.41) is 9.18. The highest BCUT2D eigenvalue weighted by Gasteiger charge is 2.16.